The van der Waals surface area contributed by atoms with Gasteiger partial charge in [0.15, 0.2) is 0 Å². The van der Waals surface area contributed by atoms with E-state index in [0.717, 1.165) is 5.56 Å². The molecule has 0 aromatic heterocycles. The summed E-state index contributed by atoms with van der Waals surface area (Å²) in [5.41, 5.74) is 1.86. The molecule has 3 nitrogen and oxygen atoms in total. The van der Waals surface area contributed by atoms with Gasteiger partial charge in [0.25, 0.3) is 0 Å². The topological polar surface area (TPSA) is 41.1 Å². The van der Waals surface area contributed by atoms with Gasteiger partial charge < -0.3 is 10.6 Å². The molecule has 0 saturated heterocycles. The zero-order valence-corrected chi connectivity index (χ0v) is 12.6. The summed E-state index contributed by atoms with van der Waals surface area (Å²) < 4.78 is 36.1. The molecule has 0 spiro atoms. The minimum Gasteiger partial charge on any atom is -0.374 e. The average molecular weight is 302 g/mol. The van der Waals surface area contributed by atoms with Gasteiger partial charge in [-0.3, -0.25) is 4.79 Å². The first-order valence-electron chi connectivity index (χ1n) is 6.70. The maximum Gasteiger partial charge on any atom is 0.405 e. The quantitative estimate of drug-likeness (QED) is 0.894. The van der Waals surface area contributed by atoms with E-state index in [0.29, 0.717) is 5.69 Å². The van der Waals surface area contributed by atoms with Gasteiger partial charge in [-0.15, -0.1) is 0 Å². The predicted molar refractivity (Wildman–Crippen MR) is 77.3 cm³/mol. The molecule has 1 aromatic carbocycles. The van der Waals surface area contributed by atoms with Crippen LogP contribution in [-0.2, 0) is 10.2 Å². The average Bonchev–Trinajstić information content (AvgIpc) is 2.34. The van der Waals surface area contributed by atoms with Crippen molar-refractivity contribution in [3.05, 3.63) is 29.8 Å². The highest BCUT2D eigenvalue weighted by Crippen LogP contribution is 2.23. The number of hydrogen-bond acceptors (Lipinski definition) is 2. The van der Waals surface area contributed by atoms with Gasteiger partial charge in [0, 0.05) is 5.69 Å². The summed E-state index contributed by atoms with van der Waals surface area (Å²) in [7, 11) is 0. The molecule has 0 saturated carbocycles. The lowest BCUT2D eigenvalue weighted by atomic mass is 9.87. The van der Waals surface area contributed by atoms with Gasteiger partial charge in [0.2, 0.25) is 5.91 Å². The van der Waals surface area contributed by atoms with Gasteiger partial charge in [0.1, 0.15) is 12.6 Å². The molecule has 0 aliphatic rings. The molecule has 1 atom stereocenters. The van der Waals surface area contributed by atoms with E-state index in [1.54, 1.807) is 0 Å². The molecule has 1 unspecified atom stereocenters. The number of amides is 1. The maximum absolute atomic E-state index is 12.0. The van der Waals surface area contributed by atoms with E-state index in [1.165, 1.54) is 6.92 Å². The largest absolute Gasteiger partial charge is 0.405 e. The van der Waals surface area contributed by atoms with Crippen molar-refractivity contribution in [3.8, 4) is 0 Å². The first kappa shape index (κ1) is 17.3. The van der Waals surface area contributed by atoms with Crippen LogP contribution in [0, 0.1) is 0 Å². The van der Waals surface area contributed by atoms with Crippen molar-refractivity contribution in [2.75, 3.05) is 11.9 Å². The number of carbonyl (C=O) groups is 1. The van der Waals surface area contributed by atoms with Crippen LogP contribution >= 0.6 is 0 Å². The number of carbonyl (C=O) groups excluding carboxylic acids is 1. The molecule has 6 heteroatoms. The first-order chi connectivity index (χ1) is 9.49. The highest BCUT2D eigenvalue weighted by Gasteiger charge is 2.28. The van der Waals surface area contributed by atoms with Crippen molar-refractivity contribution in [3.63, 3.8) is 0 Å². The Kier molecular flexibility index (Phi) is 5.25. The SMILES string of the molecule is CC(Nc1ccc(C(C)(C)C)cc1)C(=O)NCC(F)(F)F. The number of rotatable bonds is 4. The van der Waals surface area contributed by atoms with Gasteiger partial charge in [0.05, 0.1) is 0 Å². The maximum atomic E-state index is 12.0. The fraction of sp³-hybridized carbons (Fsp3) is 0.533. The van der Waals surface area contributed by atoms with Gasteiger partial charge in [-0.2, -0.15) is 13.2 Å². The molecular formula is C15H21F3N2O. The lowest BCUT2D eigenvalue weighted by Gasteiger charge is -2.20. The molecule has 0 fully saturated rings. The van der Waals surface area contributed by atoms with E-state index < -0.39 is 24.7 Å². The Bertz CT molecular complexity index is 475. The van der Waals surface area contributed by atoms with E-state index in [1.807, 2.05) is 29.6 Å². The van der Waals surface area contributed by atoms with Crippen LogP contribution in [0.3, 0.4) is 0 Å². The zero-order valence-electron chi connectivity index (χ0n) is 12.6. The van der Waals surface area contributed by atoms with Crippen LogP contribution in [0.1, 0.15) is 33.3 Å². The molecule has 0 bridgehead atoms. The third-order valence-electron chi connectivity index (χ3n) is 2.99. The van der Waals surface area contributed by atoms with E-state index in [2.05, 4.69) is 26.1 Å². The molecule has 0 heterocycles. The fourth-order valence-electron chi connectivity index (χ4n) is 1.72. The Labute approximate surface area is 122 Å². The van der Waals surface area contributed by atoms with Crippen molar-refractivity contribution in [2.45, 2.75) is 45.3 Å². The molecule has 0 aliphatic carbocycles. The Hall–Kier alpha value is -1.72. The van der Waals surface area contributed by atoms with Gasteiger partial charge in [-0.1, -0.05) is 32.9 Å². The van der Waals surface area contributed by atoms with Crippen LogP contribution in [0.2, 0.25) is 0 Å². The summed E-state index contributed by atoms with van der Waals surface area (Å²) in [6.45, 7) is 6.46. The molecule has 1 amide bonds. The van der Waals surface area contributed by atoms with Crippen molar-refractivity contribution in [1.82, 2.24) is 5.32 Å². The molecule has 2 N–H and O–H groups in total. The van der Waals surface area contributed by atoms with Crippen LogP contribution in [-0.4, -0.2) is 24.7 Å². The third kappa shape index (κ3) is 6.06. The van der Waals surface area contributed by atoms with Crippen molar-refractivity contribution >= 4 is 11.6 Å². The molecule has 1 aromatic rings. The van der Waals surface area contributed by atoms with E-state index in [4.69, 9.17) is 0 Å². The zero-order chi connectivity index (χ0) is 16.3. The van der Waals surface area contributed by atoms with Crippen LogP contribution in [0.15, 0.2) is 24.3 Å². The summed E-state index contributed by atoms with van der Waals surface area (Å²) in [6, 6.07) is 6.75. The number of hydrogen-bond donors (Lipinski definition) is 2. The van der Waals surface area contributed by atoms with Gasteiger partial charge in [-0.05, 0) is 30.0 Å². The molecule has 0 radical (unpaired) electrons. The first-order valence-corrected chi connectivity index (χ1v) is 6.70. The van der Waals surface area contributed by atoms with E-state index in [-0.39, 0.29) is 5.41 Å². The summed E-state index contributed by atoms with van der Waals surface area (Å²) >= 11 is 0. The molecule has 118 valence electrons. The van der Waals surface area contributed by atoms with Crippen molar-refractivity contribution < 1.29 is 18.0 Å². The van der Waals surface area contributed by atoms with Crippen LogP contribution in [0.5, 0.6) is 0 Å². The number of nitrogens with one attached hydrogen (secondary N) is 2. The summed E-state index contributed by atoms with van der Waals surface area (Å²) in [6.07, 6.45) is -4.40. The van der Waals surface area contributed by atoms with Crippen LogP contribution < -0.4 is 10.6 Å². The lowest BCUT2D eigenvalue weighted by molar-refractivity contribution is -0.138. The number of anilines is 1. The lowest BCUT2D eigenvalue weighted by Crippen LogP contribution is -2.42. The second-order valence-corrected chi connectivity index (χ2v) is 6.03. The molecule has 1 rings (SSSR count). The highest BCUT2D eigenvalue weighted by molar-refractivity contribution is 5.84. The van der Waals surface area contributed by atoms with Gasteiger partial charge in [-0.25, -0.2) is 0 Å². The second-order valence-electron chi connectivity index (χ2n) is 6.03. The predicted octanol–water partition coefficient (Wildman–Crippen LogP) is 3.46. The standard InChI is InChI=1S/C15H21F3N2O/c1-10(13(21)19-9-15(16,17)18)20-12-7-5-11(6-8-12)14(2,3)4/h5-8,10,20H,9H2,1-4H3,(H,19,21). The normalized spacial score (nSPS) is 13.7. The van der Waals surface area contributed by atoms with E-state index >= 15 is 0 Å². The summed E-state index contributed by atoms with van der Waals surface area (Å²) in [4.78, 5) is 11.5. The smallest absolute Gasteiger partial charge is 0.374 e. The minimum absolute atomic E-state index is 0.0221. The van der Waals surface area contributed by atoms with Crippen LogP contribution in [0.25, 0.3) is 0 Å². The van der Waals surface area contributed by atoms with Gasteiger partial charge >= 0.3 is 6.18 Å². The Balaban J connectivity index is 2.58. The Morgan fingerprint density at radius 1 is 1.14 bits per heavy atom. The van der Waals surface area contributed by atoms with Crippen molar-refractivity contribution in [1.29, 1.82) is 0 Å². The third-order valence-corrected chi connectivity index (χ3v) is 2.99. The Morgan fingerprint density at radius 2 is 1.67 bits per heavy atom. The summed E-state index contributed by atoms with van der Waals surface area (Å²) in [5, 5.41) is 4.73. The number of benzene rings is 1. The van der Waals surface area contributed by atoms with E-state index in [9.17, 15) is 18.0 Å². The molecule has 0 aliphatic heterocycles. The Morgan fingerprint density at radius 3 is 2.10 bits per heavy atom. The number of halogens is 3. The number of alkyl halides is 3. The molecular weight excluding hydrogens is 281 g/mol. The van der Waals surface area contributed by atoms with Crippen LogP contribution in [0.4, 0.5) is 18.9 Å². The fourth-order valence-corrected chi connectivity index (χ4v) is 1.72. The molecule has 21 heavy (non-hydrogen) atoms. The van der Waals surface area contributed by atoms with Crippen molar-refractivity contribution in [2.24, 2.45) is 0 Å². The highest BCUT2D eigenvalue weighted by atomic mass is 19.4. The summed E-state index contributed by atoms with van der Waals surface area (Å²) in [5.74, 6) is -0.688. The minimum atomic E-state index is -4.40. The monoisotopic (exact) mass is 302 g/mol. The second kappa shape index (κ2) is 6.37.